The Bertz CT molecular complexity index is 286. The molecule has 1 aromatic heterocycles. The van der Waals surface area contributed by atoms with Crippen molar-refractivity contribution in [3.63, 3.8) is 0 Å². The van der Waals surface area contributed by atoms with Gasteiger partial charge in [-0.25, -0.2) is 0 Å². The van der Waals surface area contributed by atoms with E-state index in [-0.39, 0.29) is 0 Å². The molecule has 4 heteroatoms. The molecular formula is C9H20N3Si+. The maximum Gasteiger partial charge on any atom is 0.284 e. The number of hydrogen-bond donors (Lipinski definition) is 0. The lowest BCUT2D eigenvalue weighted by Crippen LogP contribution is -2.59. The fraction of sp³-hybridized carbons (Fsp3) is 0.778. The van der Waals surface area contributed by atoms with Crippen LogP contribution >= 0.6 is 0 Å². The Hall–Kier alpha value is -0.643. The van der Waals surface area contributed by atoms with Crippen LogP contribution in [0.5, 0.6) is 0 Å². The van der Waals surface area contributed by atoms with Crippen LogP contribution in [0.25, 0.3) is 0 Å². The van der Waals surface area contributed by atoms with Gasteiger partial charge in [0, 0.05) is 6.42 Å². The zero-order valence-electron chi connectivity index (χ0n) is 9.33. The highest BCUT2D eigenvalue weighted by Gasteiger charge is 2.27. The van der Waals surface area contributed by atoms with Crippen molar-refractivity contribution in [2.45, 2.75) is 39.4 Å². The molecule has 0 spiro atoms. The van der Waals surface area contributed by atoms with Crippen LogP contribution in [0.2, 0.25) is 19.6 Å². The number of aromatic nitrogens is 3. The molecule has 0 amide bonds. The molecule has 0 aliphatic heterocycles. The number of rotatable bonds is 3. The van der Waals surface area contributed by atoms with Crippen LogP contribution in [-0.4, -0.2) is 18.1 Å². The first kappa shape index (κ1) is 10.4. The van der Waals surface area contributed by atoms with E-state index >= 15 is 0 Å². The van der Waals surface area contributed by atoms with E-state index < -0.39 is 8.24 Å². The van der Waals surface area contributed by atoms with Crippen LogP contribution in [-0.2, 0) is 13.5 Å². The van der Waals surface area contributed by atoms with E-state index in [1.807, 2.05) is 11.7 Å². The van der Waals surface area contributed by atoms with E-state index in [1.54, 1.807) is 0 Å². The third-order valence-corrected chi connectivity index (χ3v) is 3.70. The SMILES string of the molecule is CCCc1c[n+]([Si](C)(C)C)nn1C. The summed E-state index contributed by atoms with van der Waals surface area (Å²) < 4.78 is 4.17. The Balaban J connectivity index is 2.95. The number of nitrogens with zero attached hydrogens (tertiary/aromatic N) is 3. The van der Waals surface area contributed by atoms with Crippen molar-refractivity contribution in [3.05, 3.63) is 11.9 Å². The number of aryl methyl sites for hydroxylation is 2. The third kappa shape index (κ3) is 2.40. The van der Waals surface area contributed by atoms with E-state index in [9.17, 15) is 0 Å². The summed E-state index contributed by atoms with van der Waals surface area (Å²) >= 11 is 0. The van der Waals surface area contributed by atoms with Gasteiger partial charge in [0.1, 0.15) is 13.2 Å². The molecule has 3 nitrogen and oxygen atoms in total. The zero-order chi connectivity index (χ0) is 10.1. The molecule has 0 bridgehead atoms. The maximum absolute atomic E-state index is 4.50. The van der Waals surface area contributed by atoms with Crippen molar-refractivity contribution in [2.75, 3.05) is 0 Å². The lowest BCUT2D eigenvalue weighted by Gasteiger charge is -2.06. The predicted octanol–water partition coefficient (Wildman–Crippen LogP) is 1.34. The molecule has 0 unspecified atom stereocenters. The second-order valence-corrected chi connectivity index (χ2v) is 9.30. The quantitative estimate of drug-likeness (QED) is 0.672. The average molecular weight is 198 g/mol. The monoisotopic (exact) mass is 198 g/mol. The lowest BCUT2D eigenvalue weighted by atomic mass is 10.3. The molecule has 0 N–H and O–H groups in total. The van der Waals surface area contributed by atoms with Crippen molar-refractivity contribution in [2.24, 2.45) is 7.05 Å². The van der Waals surface area contributed by atoms with Gasteiger partial charge >= 0.3 is 0 Å². The van der Waals surface area contributed by atoms with Crippen molar-refractivity contribution in [3.8, 4) is 0 Å². The molecule has 0 aromatic carbocycles. The molecule has 0 aliphatic rings. The van der Waals surface area contributed by atoms with Crippen molar-refractivity contribution >= 4 is 8.24 Å². The first-order chi connectivity index (χ1) is 5.95. The largest absolute Gasteiger partial charge is 0.284 e. The summed E-state index contributed by atoms with van der Waals surface area (Å²) in [6, 6.07) is 0. The van der Waals surface area contributed by atoms with Gasteiger partial charge in [0.15, 0.2) is 5.69 Å². The van der Waals surface area contributed by atoms with Gasteiger partial charge in [0.05, 0.1) is 5.21 Å². The summed E-state index contributed by atoms with van der Waals surface area (Å²) in [5.74, 6) is 0. The summed E-state index contributed by atoms with van der Waals surface area (Å²) in [6.07, 6.45) is 4.52. The highest BCUT2D eigenvalue weighted by Crippen LogP contribution is 2.00. The molecule has 13 heavy (non-hydrogen) atoms. The lowest BCUT2D eigenvalue weighted by molar-refractivity contribution is -0.614. The van der Waals surface area contributed by atoms with Crippen LogP contribution in [0.4, 0.5) is 0 Å². The van der Waals surface area contributed by atoms with Crippen LogP contribution in [0, 0.1) is 0 Å². The minimum absolute atomic E-state index is 1.13. The summed E-state index contributed by atoms with van der Waals surface area (Å²) in [4.78, 5) is 0. The topological polar surface area (TPSA) is 21.7 Å². The second-order valence-electron chi connectivity index (χ2n) is 4.50. The summed E-state index contributed by atoms with van der Waals surface area (Å²) in [6.45, 7) is 9.10. The van der Waals surface area contributed by atoms with Gasteiger partial charge in [-0.1, -0.05) is 6.92 Å². The zero-order valence-corrected chi connectivity index (χ0v) is 10.3. The van der Waals surface area contributed by atoms with Gasteiger partial charge in [-0.2, -0.15) is 4.35 Å². The van der Waals surface area contributed by atoms with Crippen molar-refractivity contribution in [1.29, 1.82) is 0 Å². The van der Waals surface area contributed by atoms with Crippen molar-refractivity contribution < 1.29 is 4.35 Å². The van der Waals surface area contributed by atoms with Gasteiger partial charge < -0.3 is 0 Å². The summed E-state index contributed by atoms with van der Waals surface area (Å²) in [5, 5.41) is 4.50. The smallest absolute Gasteiger partial charge is 0.188 e. The molecule has 0 saturated carbocycles. The fourth-order valence-electron chi connectivity index (χ4n) is 1.26. The van der Waals surface area contributed by atoms with Crippen LogP contribution < -0.4 is 4.35 Å². The molecule has 1 heterocycles. The third-order valence-electron chi connectivity index (χ3n) is 2.11. The van der Waals surface area contributed by atoms with E-state index in [0.717, 1.165) is 6.42 Å². The van der Waals surface area contributed by atoms with Gasteiger partial charge in [-0.3, -0.25) is 0 Å². The Kier molecular flexibility index (Phi) is 2.90. The molecule has 0 fully saturated rings. The van der Waals surface area contributed by atoms with Gasteiger partial charge in [0.2, 0.25) is 0 Å². The van der Waals surface area contributed by atoms with E-state index in [1.165, 1.54) is 12.1 Å². The standard InChI is InChI=1S/C9H20N3Si/c1-6-7-9-8-12(10-11(9)2)13(3,4)5/h8H,6-7H2,1-5H3/q+1. The highest BCUT2D eigenvalue weighted by molar-refractivity contribution is 6.67. The second kappa shape index (κ2) is 3.62. The predicted molar refractivity (Wildman–Crippen MR) is 56.1 cm³/mol. The Labute approximate surface area is 81.5 Å². The molecule has 0 aliphatic carbocycles. The fourth-order valence-corrected chi connectivity index (χ4v) is 2.20. The normalized spacial score (nSPS) is 12.1. The molecule has 0 saturated heterocycles. The summed E-state index contributed by atoms with van der Waals surface area (Å²) in [5.41, 5.74) is 1.34. The molecule has 1 rings (SSSR count). The maximum atomic E-state index is 4.50. The van der Waals surface area contributed by atoms with Crippen LogP contribution in [0.15, 0.2) is 6.20 Å². The average Bonchev–Trinajstić information content (AvgIpc) is 2.32. The molecule has 0 radical (unpaired) electrons. The van der Waals surface area contributed by atoms with Crippen LogP contribution in [0.1, 0.15) is 19.0 Å². The minimum atomic E-state index is -1.29. The van der Waals surface area contributed by atoms with E-state index in [0.29, 0.717) is 0 Å². The van der Waals surface area contributed by atoms with Gasteiger partial charge in [-0.05, 0) is 26.1 Å². The van der Waals surface area contributed by atoms with Crippen molar-refractivity contribution in [1.82, 2.24) is 9.90 Å². The first-order valence-electron chi connectivity index (χ1n) is 4.90. The van der Waals surface area contributed by atoms with E-state index in [2.05, 4.69) is 42.3 Å². The van der Waals surface area contributed by atoms with Gasteiger partial charge in [-0.15, -0.1) is 4.68 Å². The Morgan fingerprint density at radius 2 is 2.08 bits per heavy atom. The Morgan fingerprint density at radius 3 is 2.46 bits per heavy atom. The molecule has 74 valence electrons. The highest BCUT2D eigenvalue weighted by atomic mass is 28.3. The molecular weight excluding hydrogens is 178 g/mol. The van der Waals surface area contributed by atoms with Crippen LogP contribution in [0.3, 0.4) is 0 Å². The van der Waals surface area contributed by atoms with Gasteiger partial charge in [0.25, 0.3) is 8.24 Å². The number of hydrogen-bond acceptors (Lipinski definition) is 1. The van der Waals surface area contributed by atoms with E-state index in [4.69, 9.17) is 0 Å². The Morgan fingerprint density at radius 1 is 1.46 bits per heavy atom. The first-order valence-corrected chi connectivity index (χ1v) is 8.35. The summed E-state index contributed by atoms with van der Waals surface area (Å²) in [7, 11) is 0.741. The molecule has 1 aromatic rings. The minimum Gasteiger partial charge on any atom is -0.188 e. The molecule has 0 atom stereocenters.